The van der Waals surface area contributed by atoms with Crippen LogP contribution in [0.1, 0.15) is 23.8 Å². The van der Waals surface area contributed by atoms with Crippen molar-refractivity contribution in [3.05, 3.63) is 78.6 Å². The van der Waals surface area contributed by atoms with Gasteiger partial charge in [0.1, 0.15) is 17.1 Å². The Labute approximate surface area is 193 Å². The van der Waals surface area contributed by atoms with Gasteiger partial charge in [-0.3, -0.25) is 0 Å². The van der Waals surface area contributed by atoms with Crippen molar-refractivity contribution in [3.8, 4) is 16.9 Å². The molecule has 0 bridgehead atoms. The topological polar surface area (TPSA) is 67.6 Å². The Morgan fingerprint density at radius 3 is 2.76 bits per heavy atom. The van der Waals surface area contributed by atoms with Gasteiger partial charge in [-0.25, -0.2) is 9.78 Å². The van der Waals surface area contributed by atoms with Gasteiger partial charge in [0.2, 0.25) is 0 Å². The van der Waals surface area contributed by atoms with Crippen LogP contribution in [0.3, 0.4) is 0 Å². The average Bonchev–Trinajstić information content (AvgIpc) is 3.45. The number of anilines is 1. The van der Waals surface area contributed by atoms with Crippen LogP contribution in [0.15, 0.2) is 72.9 Å². The molecule has 6 nitrogen and oxygen atoms in total. The fraction of sp³-hybridized carbons (Fsp3) is 0.259. The van der Waals surface area contributed by atoms with Crippen LogP contribution in [0, 0.1) is 5.92 Å². The highest BCUT2D eigenvalue weighted by molar-refractivity contribution is 6.00. The van der Waals surface area contributed by atoms with Gasteiger partial charge >= 0.3 is 5.97 Å². The number of ether oxygens (including phenoxy) is 1. The first-order chi connectivity index (χ1) is 16.1. The van der Waals surface area contributed by atoms with Gasteiger partial charge < -0.3 is 19.3 Å². The number of aromatic carboxylic acids is 1. The SMILES string of the molecule is CCOc1cccc(-c2ccnc3c2cc(C(=O)O)n3CC2CCN(c3ccccc3)C2)c1. The first-order valence-electron chi connectivity index (χ1n) is 11.4. The molecule has 1 N–H and O–H groups in total. The van der Waals surface area contributed by atoms with Gasteiger partial charge in [0.25, 0.3) is 0 Å². The van der Waals surface area contributed by atoms with Gasteiger partial charge in [0.05, 0.1) is 6.61 Å². The van der Waals surface area contributed by atoms with Gasteiger partial charge in [-0.1, -0.05) is 30.3 Å². The average molecular weight is 442 g/mol. The number of aromatic nitrogens is 2. The van der Waals surface area contributed by atoms with Crippen LogP contribution in [0.25, 0.3) is 22.2 Å². The molecule has 1 aliphatic rings. The molecule has 0 aliphatic carbocycles. The third-order valence-electron chi connectivity index (χ3n) is 6.32. The summed E-state index contributed by atoms with van der Waals surface area (Å²) in [5, 5.41) is 10.8. The van der Waals surface area contributed by atoms with Gasteiger partial charge in [0.15, 0.2) is 0 Å². The minimum atomic E-state index is -0.931. The number of benzene rings is 2. The molecule has 0 spiro atoms. The summed E-state index contributed by atoms with van der Waals surface area (Å²) in [4.78, 5) is 19.1. The van der Waals surface area contributed by atoms with Crippen molar-refractivity contribution in [3.63, 3.8) is 0 Å². The largest absolute Gasteiger partial charge is 0.494 e. The lowest BCUT2D eigenvalue weighted by atomic mass is 10.0. The molecule has 1 aliphatic heterocycles. The molecule has 1 fully saturated rings. The summed E-state index contributed by atoms with van der Waals surface area (Å²) in [6.45, 7) is 5.05. The van der Waals surface area contributed by atoms with Crippen molar-refractivity contribution in [2.75, 3.05) is 24.6 Å². The van der Waals surface area contributed by atoms with Gasteiger partial charge in [0, 0.05) is 36.9 Å². The van der Waals surface area contributed by atoms with Crippen LogP contribution in [-0.2, 0) is 6.54 Å². The number of nitrogens with zero attached hydrogens (tertiary/aromatic N) is 3. The second-order valence-corrected chi connectivity index (χ2v) is 8.44. The lowest BCUT2D eigenvalue weighted by Crippen LogP contribution is -2.22. The Bertz CT molecular complexity index is 1280. The molecule has 3 heterocycles. The third kappa shape index (κ3) is 4.16. The fourth-order valence-electron chi connectivity index (χ4n) is 4.80. The van der Waals surface area contributed by atoms with Crippen molar-refractivity contribution in [2.24, 2.45) is 5.92 Å². The molecular weight excluding hydrogens is 414 g/mol. The van der Waals surface area contributed by atoms with E-state index in [9.17, 15) is 9.90 Å². The monoisotopic (exact) mass is 441 g/mol. The second kappa shape index (κ2) is 8.98. The molecule has 1 unspecified atom stereocenters. The Morgan fingerprint density at radius 1 is 1.12 bits per heavy atom. The number of carboxylic acids is 1. The van der Waals surface area contributed by atoms with Crippen LogP contribution >= 0.6 is 0 Å². The summed E-state index contributed by atoms with van der Waals surface area (Å²) in [6.07, 6.45) is 2.78. The molecule has 2 aromatic heterocycles. The third-order valence-corrected chi connectivity index (χ3v) is 6.32. The van der Waals surface area contributed by atoms with E-state index in [0.717, 1.165) is 41.8 Å². The second-order valence-electron chi connectivity index (χ2n) is 8.44. The Balaban J connectivity index is 1.49. The highest BCUT2D eigenvalue weighted by atomic mass is 16.5. The molecule has 6 heteroatoms. The van der Waals surface area contributed by atoms with E-state index >= 15 is 0 Å². The minimum Gasteiger partial charge on any atom is -0.494 e. The van der Waals surface area contributed by atoms with E-state index in [1.807, 2.05) is 47.9 Å². The molecule has 33 heavy (non-hydrogen) atoms. The lowest BCUT2D eigenvalue weighted by Gasteiger charge is -2.19. The van der Waals surface area contributed by atoms with E-state index < -0.39 is 5.97 Å². The predicted molar refractivity (Wildman–Crippen MR) is 130 cm³/mol. The van der Waals surface area contributed by atoms with Gasteiger partial charge in [-0.15, -0.1) is 0 Å². The van der Waals surface area contributed by atoms with Crippen LogP contribution in [-0.4, -0.2) is 40.3 Å². The number of fused-ring (bicyclic) bond motifs is 1. The number of rotatable bonds is 7. The maximum Gasteiger partial charge on any atom is 0.352 e. The highest BCUT2D eigenvalue weighted by Gasteiger charge is 2.26. The van der Waals surface area contributed by atoms with E-state index in [4.69, 9.17) is 4.74 Å². The quantitative estimate of drug-likeness (QED) is 0.420. The summed E-state index contributed by atoms with van der Waals surface area (Å²) < 4.78 is 7.54. The molecule has 168 valence electrons. The number of carboxylic acid groups (broad SMARTS) is 1. The zero-order chi connectivity index (χ0) is 22.8. The van der Waals surface area contributed by atoms with E-state index in [1.165, 1.54) is 5.69 Å². The highest BCUT2D eigenvalue weighted by Crippen LogP contribution is 2.33. The number of para-hydroxylation sites is 1. The summed E-state index contributed by atoms with van der Waals surface area (Å²) in [5.74, 6) is 0.218. The summed E-state index contributed by atoms with van der Waals surface area (Å²) in [5.41, 5.74) is 4.15. The maximum atomic E-state index is 12.2. The number of carbonyl (C=O) groups is 1. The molecule has 2 aromatic carbocycles. The molecule has 0 amide bonds. The van der Waals surface area contributed by atoms with Crippen LogP contribution in [0.4, 0.5) is 5.69 Å². The Morgan fingerprint density at radius 2 is 1.97 bits per heavy atom. The molecule has 1 atom stereocenters. The summed E-state index contributed by atoms with van der Waals surface area (Å²) >= 11 is 0. The van der Waals surface area contributed by atoms with E-state index in [2.05, 4.69) is 34.1 Å². The first-order valence-corrected chi connectivity index (χ1v) is 11.4. The van der Waals surface area contributed by atoms with Crippen molar-refractivity contribution in [1.29, 1.82) is 0 Å². The van der Waals surface area contributed by atoms with Crippen molar-refractivity contribution in [1.82, 2.24) is 9.55 Å². The maximum absolute atomic E-state index is 12.2. The molecular formula is C27H27N3O3. The van der Waals surface area contributed by atoms with Crippen molar-refractivity contribution >= 4 is 22.7 Å². The Hall–Kier alpha value is -3.80. The number of hydrogen-bond donors (Lipinski definition) is 1. The summed E-state index contributed by atoms with van der Waals surface area (Å²) in [6, 6.07) is 22.0. The zero-order valence-electron chi connectivity index (χ0n) is 18.6. The molecule has 5 rings (SSSR count). The smallest absolute Gasteiger partial charge is 0.352 e. The van der Waals surface area contributed by atoms with Crippen molar-refractivity contribution in [2.45, 2.75) is 19.9 Å². The lowest BCUT2D eigenvalue weighted by molar-refractivity contribution is 0.0684. The van der Waals surface area contributed by atoms with E-state index in [-0.39, 0.29) is 5.69 Å². The standard InChI is InChI=1S/C27H27N3O3/c1-2-33-22-10-6-7-20(15-22)23-11-13-28-26-24(23)16-25(27(31)32)30(26)18-19-12-14-29(17-19)21-8-4-3-5-9-21/h3-11,13,15-16,19H,2,12,14,17-18H2,1H3,(H,31,32). The van der Waals surface area contributed by atoms with E-state index in [0.29, 0.717) is 24.7 Å². The van der Waals surface area contributed by atoms with Crippen molar-refractivity contribution < 1.29 is 14.6 Å². The van der Waals surface area contributed by atoms with Gasteiger partial charge in [-0.2, -0.15) is 0 Å². The fourth-order valence-corrected chi connectivity index (χ4v) is 4.80. The number of hydrogen-bond acceptors (Lipinski definition) is 4. The molecule has 1 saturated heterocycles. The summed E-state index contributed by atoms with van der Waals surface area (Å²) in [7, 11) is 0. The van der Waals surface area contributed by atoms with Crippen LogP contribution < -0.4 is 9.64 Å². The molecule has 0 saturated carbocycles. The minimum absolute atomic E-state index is 0.282. The molecule has 4 aromatic rings. The number of pyridine rings is 1. The predicted octanol–water partition coefficient (Wildman–Crippen LogP) is 5.33. The van der Waals surface area contributed by atoms with Gasteiger partial charge in [-0.05, 0) is 66.8 Å². The first kappa shape index (κ1) is 21.1. The van der Waals surface area contributed by atoms with Crippen LogP contribution in [0.5, 0.6) is 5.75 Å². The normalized spacial score (nSPS) is 15.8. The Kier molecular flexibility index (Phi) is 5.73. The zero-order valence-corrected chi connectivity index (χ0v) is 18.6. The van der Waals surface area contributed by atoms with Crippen LogP contribution in [0.2, 0.25) is 0 Å². The molecule has 0 radical (unpaired) electrons. The van der Waals surface area contributed by atoms with E-state index in [1.54, 1.807) is 12.3 Å².